The molecule has 2 aromatic rings. The molecule has 102 valence electrons. The highest BCUT2D eigenvalue weighted by atomic mass is 16.3. The van der Waals surface area contributed by atoms with Crippen LogP contribution in [0.3, 0.4) is 0 Å². The third-order valence-electron chi connectivity index (χ3n) is 4.15. The highest BCUT2D eigenvalue weighted by Gasteiger charge is 2.22. The van der Waals surface area contributed by atoms with E-state index >= 15 is 0 Å². The predicted octanol–water partition coefficient (Wildman–Crippen LogP) is 3.07. The van der Waals surface area contributed by atoms with Crippen molar-refractivity contribution < 1.29 is 9.52 Å². The van der Waals surface area contributed by atoms with Crippen LogP contribution >= 0.6 is 0 Å². The molecule has 2 unspecified atom stereocenters. The summed E-state index contributed by atoms with van der Waals surface area (Å²) >= 11 is 0. The third-order valence-corrected chi connectivity index (χ3v) is 4.15. The smallest absolute Gasteiger partial charge is 0.134 e. The zero-order chi connectivity index (χ0) is 13.1. The van der Waals surface area contributed by atoms with Crippen LogP contribution in [-0.2, 0) is 6.54 Å². The van der Waals surface area contributed by atoms with Crippen molar-refractivity contribution in [1.29, 1.82) is 0 Å². The van der Waals surface area contributed by atoms with Crippen LogP contribution in [0.2, 0.25) is 0 Å². The first kappa shape index (κ1) is 12.7. The van der Waals surface area contributed by atoms with Gasteiger partial charge in [0.25, 0.3) is 0 Å². The molecule has 1 aromatic heterocycles. The summed E-state index contributed by atoms with van der Waals surface area (Å²) in [5, 5.41) is 14.6. The predicted molar refractivity (Wildman–Crippen MR) is 75.9 cm³/mol. The number of nitrogens with one attached hydrogen (secondary N) is 1. The third kappa shape index (κ3) is 2.82. The van der Waals surface area contributed by atoms with Crippen LogP contribution in [0.15, 0.2) is 34.9 Å². The highest BCUT2D eigenvalue weighted by Crippen LogP contribution is 2.24. The normalized spacial score (nSPS) is 23.8. The molecule has 0 radical (unpaired) electrons. The SMILES string of the molecule is OC1CCCCC1CNCc1coc2ccccc12. The lowest BCUT2D eigenvalue weighted by Gasteiger charge is -2.27. The number of hydrogen-bond donors (Lipinski definition) is 2. The first-order chi connectivity index (χ1) is 9.34. The van der Waals surface area contributed by atoms with E-state index in [1.54, 1.807) is 0 Å². The van der Waals surface area contributed by atoms with E-state index < -0.39 is 0 Å². The summed E-state index contributed by atoms with van der Waals surface area (Å²) in [4.78, 5) is 0. The topological polar surface area (TPSA) is 45.4 Å². The largest absolute Gasteiger partial charge is 0.464 e. The maximum Gasteiger partial charge on any atom is 0.134 e. The lowest BCUT2D eigenvalue weighted by Crippen LogP contribution is -2.33. The Kier molecular flexibility index (Phi) is 3.85. The standard InChI is InChI=1S/C16H21NO2/c18-15-7-3-1-5-12(15)9-17-10-13-11-19-16-8-4-2-6-14(13)16/h2,4,6,8,11-12,15,17-18H,1,3,5,7,9-10H2. The van der Waals surface area contributed by atoms with E-state index in [0.29, 0.717) is 5.92 Å². The number of para-hydroxylation sites is 1. The van der Waals surface area contributed by atoms with Crippen LogP contribution in [0.25, 0.3) is 11.0 Å². The lowest BCUT2D eigenvalue weighted by atomic mass is 9.86. The zero-order valence-corrected chi connectivity index (χ0v) is 11.1. The van der Waals surface area contributed by atoms with Gasteiger partial charge >= 0.3 is 0 Å². The van der Waals surface area contributed by atoms with Crippen LogP contribution in [0.4, 0.5) is 0 Å². The average molecular weight is 259 g/mol. The van der Waals surface area contributed by atoms with Crippen LogP contribution in [0, 0.1) is 5.92 Å². The van der Waals surface area contributed by atoms with Gasteiger partial charge in [-0.1, -0.05) is 31.0 Å². The molecule has 3 rings (SSSR count). The van der Waals surface area contributed by atoms with E-state index in [-0.39, 0.29) is 6.10 Å². The van der Waals surface area contributed by atoms with Crippen molar-refractivity contribution in [2.24, 2.45) is 5.92 Å². The molecule has 3 nitrogen and oxygen atoms in total. The number of aliphatic hydroxyl groups excluding tert-OH is 1. The Hall–Kier alpha value is -1.32. The number of benzene rings is 1. The summed E-state index contributed by atoms with van der Waals surface area (Å²) in [5.74, 6) is 0.409. The fourth-order valence-electron chi connectivity index (χ4n) is 2.99. The Morgan fingerprint density at radius 1 is 1.21 bits per heavy atom. The quantitative estimate of drug-likeness (QED) is 0.887. The maximum absolute atomic E-state index is 9.94. The van der Waals surface area contributed by atoms with Gasteiger partial charge in [-0.3, -0.25) is 0 Å². The van der Waals surface area contributed by atoms with Gasteiger partial charge in [0, 0.05) is 24.0 Å². The van der Waals surface area contributed by atoms with E-state index in [4.69, 9.17) is 4.42 Å². The summed E-state index contributed by atoms with van der Waals surface area (Å²) in [6, 6.07) is 8.10. The van der Waals surface area contributed by atoms with Gasteiger partial charge in [-0.05, 0) is 24.8 Å². The Bertz CT molecular complexity index is 534. The van der Waals surface area contributed by atoms with E-state index in [0.717, 1.165) is 31.5 Å². The molecule has 0 aliphatic heterocycles. The molecule has 2 N–H and O–H groups in total. The fourth-order valence-corrected chi connectivity index (χ4v) is 2.99. The van der Waals surface area contributed by atoms with Gasteiger partial charge in [-0.25, -0.2) is 0 Å². The van der Waals surface area contributed by atoms with Crippen molar-refractivity contribution >= 4 is 11.0 Å². The van der Waals surface area contributed by atoms with E-state index in [1.807, 2.05) is 24.5 Å². The van der Waals surface area contributed by atoms with Crippen LogP contribution in [0.5, 0.6) is 0 Å². The van der Waals surface area contributed by atoms with E-state index in [9.17, 15) is 5.11 Å². The van der Waals surface area contributed by atoms with Gasteiger partial charge in [0.15, 0.2) is 0 Å². The maximum atomic E-state index is 9.94. The molecule has 1 aliphatic rings. The second kappa shape index (κ2) is 5.76. The van der Waals surface area contributed by atoms with E-state index in [2.05, 4.69) is 11.4 Å². The van der Waals surface area contributed by atoms with Crippen LogP contribution in [0.1, 0.15) is 31.2 Å². The molecular weight excluding hydrogens is 238 g/mol. The summed E-state index contributed by atoms with van der Waals surface area (Å²) in [6.45, 7) is 1.70. The molecule has 3 heteroatoms. The summed E-state index contributed by atoms with van der Waals surface area (Å²) < 4.78 is 5.52. The Morgan fingerprint density at radius 3 is 2.95 bits per heavy atom. The van der Waals surface area contributed by atoms with Gasteiger partial charge in [0.1, 0.15) is 5.58 Å². The van der Waals surface area contributed by atoms with Gasteiger partial charge in [-0.2, -0.15) is 0 Å². The van der Waals surface area contributed by atoms with Gasteiger partial charge in [-0.15, -0.1) is 0 Å². The monoisotopic (exact) mass is 259 g/mol. The number of hydrogen-bond acceptors (Lipinski definition) is 3. The minimum Gasteiger partial charge on any atom is -0.464 e. The number of rotatable bonds is 4. The van der Waals surface area contributed by atoms with Crippen molar-refractivity contribution in [2.45, 2.75) is 38.3 Å². The molecule has 19 heavy (non-hydrogen) atoms. The van der Waals surface area contributed by atoms with E-state index in [1.165, 1.54) is 23.8 Å². The first-order valence-corrected chi connectivity index (χ1v) is 7.18. The van der Waals surface area contributed by atoms with Crippen molar-refractivity contribution in [3.63, 3.8) is 0 Å². The minimum absolute atomic E-state index is 0.123. The Balaban J connectivity index is 1.57. The molecule has 1 fully saturated rings. The number of fused-ring (bicyclic) bond motifs is 1. The summed E-state index contributed by atoms with van der Waals surface area (Å²) in [7, 11) is 0. The molecule has 2 atom stereocenters. The molecule has 0 bridgehead atoms. The van der Waals surface area contributed by atoms with Crippen molar-refractivity contribution in [1.82, 2.24) is 5.32 Å². The molecule has 0 spiro atoms. The Labute approximate surface area is 113 Å². The highest BCUT2D eigenvalue weighted by molar-refractivity contribution is 5.80. The second-order valence-corrected chi connectivity index (χ2v) is 5.50. The van der Waals surface area contributed by atoms with Gasteiger partial charge < -0.3 is 14.8 Å². The van der Waals surface area contributed by atoms with Crippen molar-refractivity contribution in [3.8, 4) is 0 Å². The molecule has 0 saturated heterocycles. The summed E-state index contributed by atoms with van der Waals surface area (Å²) in [6.07, 6.45) is 6.22. The van der Waals surface area contributed by atoms with Crippen LogP contribution < -0.4 is 5.32 Å². The molecule has 1 aromatic carbocycles. The fraction of sp³-hybridized carbons (Fsp3) is 0.500. The molecule has 1 heterocycles. The molecule has 1 aliphatic carbocycles. The van der Waals surface area contributed by atoms with Crippen molar-refractivity contribution in [3.05, 3.63) is 36.1 Å². The number of furan rings is 1. The van der Waals surface area contributed by atoms with Crippen molar-refractivity contribution in [2.75, 3.05) is 6.54 Å². The number of aliphatic hydroxyl groups is 1. The minimum atomic E-state index is -0.123. The zero-order valence-electron chi connectivity index (χ0n) is 11.1. The lowest BCUT2D eigenvalue weighted by molar-refractivity contribution is 0.0695. The molecule has 0 amide bonds. The molecular formula is C16H21NO2. The Morgan fingerprint density at radius 2 is 2.05 bits per heavy atom. The average Bonchev–Trinajstić information content (AvgIpc) is 2.85. The van der Waals surface area contributed by atoms with Crippen LogP contribution in [-0.4, -0.2) is 17.8 Å². The van der Waals surface area contributed by atoms with Gasteiger partial charge in [0.05, 0.1) is 12.4 Å². The first-order valence-electron chi connectivity index (χ1n) is 7.18. The summed E-state index contributed by atoms with van der Waals surface area (Å²) in [5.41, 5.74) is 2.14. The van der Waals surface area contributed by atoms with Gasteiger partial charge in [0.2, 0.25) is 0 Å². The second-order valence-electron chi connectivity index (χ2n) is 5.50. The molecule has 1 saturated carbocycles.